The van der Waals surface area contributed by atoms with Gasteiger partial charge in [0.05, 0.1) is 0 Å². The lowest BCUT2D eigenvalue weighted by Crippen LogP contribution is -2.10. The lowest BCUT2D eigenvalue weighted by molar-refractivity contribution is 0.616. The molecule has 0 unspecified atom stereocenters. The second-order valence-corrected chi connectivity index (χ2v) is 5.66. The number of nitrogens with zero attached hydrogens (tertiary/aromatic N) is 2. The Kier molecular flexibility index (Phi) is 8.79. The maximum absolute atomic E-state index is 4.66. The van der Waals surface area contributed by atoms with Crippen LogP contribution in [0.25, 0.3) is 0 Å². The van der Waals surface area contributed by atoms with Gasteiger partial charge >= 0.3 is 0 Å². The zero-order chi connectivity index (χ0) is 15.5. The summed E-state index contributed by atoms with van der Waals surface area (Å²) in [6, 6.07) is 0. The summed E-state index contributed by atoms with van der Waals surface area (Å²) in [4.78, 5) is 9.21. The van der Waals surface area contributed by atoms with Crippen LogP contribution < -0.4 is 10.6 Å². The third kappa shape index (κ3) is 6.32. The molecule has 120 valence electrons. The molecule has 4 nitrogen and oxygen atoms in total. The molecule has 0 radical (unpaired) electrons. The lowest BCUT2D eigenvalue weighted by Gasteiger charge is -2.13. The summed E-state index contributed by atoms with van der Waals surface area (Å²) in [5, 5.41) is 6.65. The second-order valence-electron chi connectivity index (χ2n) is 5.66. The van der Waals surface area contributed by atoms with Crippen LogP contribution >= 0.6 is 0 Å². The average molecular weight is 292 g/mol. The van der Waals surface area contributed by atoms with Crippen molar-refractivity contribution in [3.8, 4) is 0 Å². The van der Waals surface area contributed by atoms with Gasteiger partial charge in [-0.1, -0.05) is 46.0 Å². The standard InChI is InChI=1S/C17H32N4/c1-5-7-8-9-10-11-13-19-17-14(3)16(18-4)20-15(21-17)12-6-2/h5-13H2,1-4H3,(H2,18,19,20,21). The van der Waals surface area contributed by atoms with E-state index in [2.05, 4.69) is 41.4 Å². The Bertz CT molecular complexity index is 404. The van der Waals surface area contributed by atoms with Gasteiger partial charge in [-0.3, -0.25) is 0 Å². The van der Waals surface area contributed by atoms with Crippen molar-refractivity contribution in [1.82, 2.24) is 9.97 Å². The zero-order valence-corrected chi connectivity index (χ0v) is 14.3. The van der Waals surface area contributed by atoms with Crippen molar-refractivity contribution in [2.75, 3.05) is 24.2 Å². The van der Waals surface area contributed by atoms with Crippen LogP contribution in [0.4, 0.5) is 11.6 Å². The van der Waals surface area contributed by atoms with Gasteiger partial charge in [0.2, 0.25) is 0 Å². The van der Waals surface area contributed by atoms with Gasteiger partial charge in [0.25, 0.3) is 0 Å². The number of unbranched alkanes of at least 4 members (excludes halogenated alkanes) is 5. The molecule has 0 saturated carbocycles. The van der Waals surface area contributed by atoms with E-state index in [-0.39, 0.29) is 0 Å². The molecule has 0 aromatic carbocycles. The van der Waals surface area contributed by atoms with Crippen LogP contribution in [0.15, 0.2) is 0 Å². The Hall–Kier alpha value is -1.32. The van der Waals surface area contributed by atoms with Gasteiger partial charge in [-0.05, 0) is 19.8 Å². The highest BCUT2D eigenvalue weighted by Crippen LogP contribution is 2.20. The first-order chi connectivity index (χ1) is 10.2. The minimum atomic E-state index is 0.929. The molecular weight excluding hydrogens is 260 g/mol. The fourth-order valence-electron chi connectivity index (χ4n) is 2.43. The maximum Gasteiger partial charge on any atom is 0.134 e. The monoisotopic (exact) mass is 292 g/mol. The predicted octanol–water partition coefficient (Wildman–Crippen LogP) is 4.55. The molecule has 0 fully saturated rings. The van der Waals surface area contributed by atoms with E-state index in [9.17, 15) is 0 Å². The minimum Gasteiger partial charge on any atom is -0.373 e. The molecule has 1 aromatic rings. The van der Waals surface area contributed by atoms with E-state index in [0.29, 0.717) is 0 Å². The predicted molar refractivity (Wildman–Crippen MR) is 92.2 cm³/mol. The Morgan fingerprint density at radius 1 is 0.857 bits per heavy atom. The number of aryl methyl sites for hydroxylation is 1. The molecular formula is C17H32N4. The molecule has 1 rings (SSSR count). The van der Waals surface area contributed by atoms with Crippen LogP contribution in [0.5, 0.6) is 0 Å². The van der Waals surface area contributed by atoms with E-state index in [0.717, 1.165) is 42.4 Å². The van der Waals surface area contributed by atoms with Crippen LogP contribution in [0, 0.1) is 6.92 Å². The first-order valence-electron chi connectivity index (χ1n) is 8.52. The Balaban J connectivity index is 2.47. The van der Waals surface area contributed by atoms with Crippen molar-refractivity contribution in [2.45, 2.75) is 72.1 Å². The molecule has 0 bridgehead atoms. The van der Waals surface area contributed by atoms with E-state index < -0.39 is 0 Å². The molecule has 0 atom stereocenters. The van der Waals surface area contributed by atoms with Gasteiger partial charge in [0.15, 0.2) is 0 Å². The van der Waals surface area contributed by atoms with E-state index in [1.165, 1.54) is 38.5 Å². The average Bonchev–Trinajstić information content (AvgIpc) is 2.49. The van der Waals surface area contributed by atoms with Crippen molar-refractivity contribution in [3.05, 3.63) is 11.4 Å². The highest BCUT2D eigenvalue weighted by molar-refractivity contribution is 5.56. The van der Waals surface area contributed by atoms with E-state index in [1.54, 1.807) is 0 Å². The maximum atomic E-state index is 4.66. The summed E-state index contributed by atoms with van der Waals surface area (Å²) >= 11 is 0. The Labute approximate surface area is 130 Å². The van der Waals surface area contributed by atoms with Crippen molar-refractivity contribution < 1.29 is 0 Å². The van der Waals surface area contributed by atoms with Gasteiger partial charge in [-0.25, -0.2) is 9.97 Å². The van der Waals surface area contributed by atoms with Crippen molar-refractivity contribution >= 4 is 11.6 Å². The highest BCUT2D eigenvalue weighted by Gasteiger charge is 2.09. The number of rotatable bonds is 11. The summed E-state index contributed by atoms with van der Waals surface area (Å²) in [6.45, 7) is 7.49. The van der Waals surface area contributed by atoms with Crippen molar-refractivity contribution in [1.29, 1.82) is 0 Å². The summed E-state index contributed by atoms with van der Waals surface area (Å²) in [7, 11) is 1.92. The fraction of sp³-hybridized carbons (Fsp3) is 0.765. The molecule has 1 heterocycles. The largest absolute Gasteiger partial charge is 0.373 e. The second kappa shape index (κ2) is 10.4. The molecule has 1 aromatic heterocycles. The van der Waals surface area contributed by atoms with Crippen LogP contribution in [0.3, 0.4) is 0 Å². The molecule has 0 aliphatic rings. The summed E-state index contributed by atoms with van der Waals surface area (Å²) in [6.07, 6.45) is 9.91. The smallest absolute Gasteiger partial charge is 0.134 e. The van der Waals surface area contributed by atoms with E-state index in [1.807, 2.05) is 7.05 Å². The van der Waals surface area contributed by atoms with E-state index >= 15 is 0 Å². The van der Waals surface area contributed by atoms with Gasteiger partial charge in [0.1, 0.15) is 17.5 Å². The van der Waals surface area contributed by atoms with Gasteiger partial charge < -0.3 is 10.6 Å². The first kappa shape index (κ1) is 17.7. The molecule has 0 aliphatic carbocycles. The summed E-state index contributed by atoms with van der Waals surface area (Å²) < 4.78 is 0. The van der Waals surface area contributed by atoms with Gasteiger partial charge in [-0.15, -0.1) is 0 Å². The van der Waals surface area contributed by atoms with Crippen molar-refractivity contribution in [2.24, 2.45) is 0 Å². The number of aromatic nitrogens is 2. The van der Waals surface area contributed by atoms with Crippen LogP contribution in [0.1, 0.15) is 70.2 Å². The van der Waals surface area contributed by atoms with Gasteiger partial charge in [-0.2, -0.15) is 0 Å². The van der Waals surface area contributed by atoms with Crippen LogP contribution in [-0.2, 0) is 6.42 Å². The summed E-state index contributed by atoms with van der Waals surface area (Å²) in [5.41, 5.74) is 1.11. The molecule has 0 spiro atoms. The minimum absolute atomic E-state index is 0.929. The summed E-state index contributed by atoms with van der Waals surface area (Å²) in [5.74, 6) is 2.86. The molecule has 4 heteroatoms. The Morgan fingerprint density at radius 2 is 1.52 bits per heavy atom. The number of anilines is 2. The molecule has 0 amide bonds. The quantitative estimate of drug-likeness (QED) is 0.587. The molecule has 2 N–H and O–H groups in total. The fourth-order valence-corrected chi connectivity index (χ4v) is 2.43. The zero-order valence-electron chi connectivity index (χ0n) is 14.3. The Morgan fingerprint density at radius 3 is 2.19 bits per heavy atom. The molecule has 21 heavy (non-hydrogen) atoms. The normalized spacial score (nSPS) is 10.7. The van der Waals surface area contributed by atoms with Crippen LogP contribution in [-0.4, -0.2) is 23.6 Å². The third-order valence-corrected chi connectivity index (χ3v) is 3.73. The van der Waals surface area contributed by atoms with Crippen molar-refractivity contribution in [3.63, 3.8) is 0 Å². The third-order valence-electron chi connectivity index (χ3n) is 3.73. The van der Waals surface area contributed by atoms with Crippen LogP contribution in [0.2, 0.25) is 0 Å². The number of nitrogens with one attached hydrogen (secondary N) is 2. The topological polar surface area (TPSA) is 49.8 Å². The SMILES string of the molecule is CCCCCCCCNc1nc(CCC)nc(NC)c1C. The van der Waals surface area contributed by atoms with Gasteiger partial charge in [0, 0.05) is 25.6 Å². The van der Waals surface area contributed by atoms with E-state index in [4.69, 9.17) is 0 Å². The number of hydrogen-bond acceptors (Lipinski definition) is 4. The molecule has 0 saturated heterocycles. The number of hydrogen-bond donors (Lipinski definition) is 2. The molecule has 0 aliphatic heterocycles. The highest BCUT2D eigenvalue weighted by atomic mass is 15.1. The first-order valence-corrected chi connectivity index (χ1v) is 8.52. The lowest BCUT2D eigenvalue weighted by atomic mass is 10.1.